The molecule has 0 unspecified atom stereocenters. The Labute approximate surface area is 87.5 Å². The van der Waals surface area contributed by atoms with Gasteiger partial charge >= 0.3 is 0 Å². The molecule has 0 fully saturated rings. The van der Waals surface area contributed by atoms with Gasteiger partial charge in [-0.1, -0.05) is 13.3 Å². The topological polar surface area (TPSA) is 58.2 Å². The lowest BCUT2D eigenvalue weighted by atomic mass is 10.3. The highest BCUT2D eigenvalue weighted by molar-refractivity contribution is 7.89. The molecule has 2 N–H and O–H groups in total. The Morgan fingerprint density at radius 1 is 1.07 bits per heavy atom. The van der Waals surface area contributed by atoms with Crippen LogP contribution < -0.4 is 10.0 Å². The summed E-state index contributed by atoms with van der Waals surface area (Å²) < 4.78 is 25.3. The molecule has 4 nitrogen and oxygen atoms in total. The van der Waals surface area contributed by atoms with Gasteiger partial charge in [-0.3, -0.25) is 0 Å². The van der Waals surface area contributed by atoms with Crippen molar-refractivity contribution >= 4 is 10.0 Å². The maximum atomic E-state index is 11.3. The van der Waals surface area contributed by atoms with Gasteiger partial charge in [-0.05, 0) is 32.9 Å². The molecule has 0 aromatic carbocycles. The Bertz CT molecular complexity index is 215. The van der Waals surface area contributed by atoms with Gasteiger partial charge in [-0.15, -0.1) is 0 Å². The minimum absolute atomic E-state index is 0.248. The van der Waals surface area contributed by atoms with Gasteiger partial charge in [0.05, 0.1) is 5.75 Å². The summed E-state index contributed by atoms with van der Waals surface area (Å²) in [6.07, 6.45) is 3.56. The second-order valence-electron chi connectivity index (χ2n) is 3.38. The van der Waals surface area contributed by atoms with Crippen molar-refractivity contribution in [2.24, 2.45) is 0 Å². The van der Waals surface area contributed by atoms with Crippen molar-refractivity contribution in [2.75, 3.05) is 25.9 Å². The second kappa shape index (κ2) is 8.20. The highest BCUT2D eigenvalue weighted by Gasteiger charge is 2.07. The normalized spacial score (nSPS) is 11.9. The number of hydrogen-bond donors (Lipinski definition) is 2. The summed E-state index contributed by atoms with van der Waals surface area (Å²) in [4.78, 5) is 0. The molecule has 0 radical (unpaired) electrons. The van der Waals surface area contributed by atoms with Crippen molar-refractivity contribution in [2.45, 2.75) is 32.6 Å². The van der Waals surface area contributed by atoms with Gasteiger partial charge in [-0.2, -0.15) is 0 Å². The van der Waals surface area contributed by atoms with Crippen molar-refractivity contribution in [3.8, 4) is 0 Å². The molecular weight excluding hydrogens is 200 g/mol. The van der Waals surface area contributed by atoms with E-state index in [1.807, 2.05) is 14.0 Å². The minimum atomic E-state index is -3.01. The van der Waals surface area contributed by atoms with Gasteiger partial charge in [0.2, 0.25) is 10.0 Å². The van der Waals surface area contributed by atoms with Crippen molar-refractivity contribution < 1.29 is 8.42 Å². The minimum Gasteiger partial charge on any atom is -0.320 e. The molecule has 0 aromatic rings. The Morgan fingerprint density at radius 2 is 1.79 bits per heavy atom. The van der Waals surface area contributed by atoms with Crippen molar-refractivity contribution in [1.82, 2.24) is 10.0 Å². The van der Waals surface area contributed by atoms with Gasteiger partial charge in [0.25, 0.3) is 0 Å². The zero-order valence-corrected chi connectivity index (χ0v) is 9.99. The summed E-state index contributed by atoms with van der Waals surface area (Å²) in [5.41, 5.74) is 0. The molecule has 0 spiro atoms. The smallest absolute Gasteiger partial charge is 0.211 e. The molecule has 86 valence electrons. The predicted octanol–water partition coefficient (Wildman–Crippen LogP) is 0.706. The summed E-state index contributed by atoms with van der Waals surface area (Å²) in [5.74, 6) is 0.248. The van der Waals surface area contributed by atoms with E-state index in [2.05, 4.69) is 10.0 Å². The van der Waals surface area contributed by atoms with Gasteiger partial charge in [0.1, 0.15) is 0 Å². The number of rotatable bonds is 9. The molecule has 5 heteroatoms. The van der Waals surface area contributed by atoms with Crippen LogP contribution >= 0.6 is 0 Å². The highest BCUT2D eigenvalue weighted by atomic mass is 32.2. The number of sulfonamides is 1. The zero-order chi connectivity index (χ0) is 10.9. The molecule has 0 saturated heterocycles. The molecule has 0 rings (SSSR count). The predicted molar refractivity (Wildman–Crippen MR) is 59.9 cm³/mol. The quantitative estimate of drug-likeness (QED) is 0.565. The van der Waals surface area contributed by atoms with E-state index in [-0.39, 0.29) is 5.75 Å². The number of nitrogens with one attached hydrogen (secondary N) is 2. The molecule has 0 aliphatic heterocycles. The maximum Gasteiger partial charge on any atom is 0.211 e. The van der Waals surface area contributed by atoms with E-state index in [9.17, 15) is 8.42 Å². The van der Waals surface area contributed by atoms with Crippen LogP contribution in [-0.4, -0.2) is 34.3 Å². The Kier molecular flexibility index (Phi) is 8.12. The summed E-state index contributed by atoms with van der Waals surface area (Å²) in [6, 6.07) is 0. The van der Waals surface area contributed by atoms with Crippen LogP contribution in [0.4, 0.5) is 0 Å². The fraction of sp³-hybridized carbons (Fsp3) is 1.00. The summed E-state index contributed by atoms with van der Waals surface area (Å²) in [5, 5.41) is 2.99. The summed E-state index contributed by atoms with van der Waals surface area (Å²) in [6.45, 7) is 3.50. The molecule has 0 bridgehead atoms. The fourth-order valence-electron chi connectivity index (χ4n) is 1.07. The SMILES string of the molecule is CCCCNS(=O)(=O)CCCCNC. The van der Waals surface area contributed by atoms with Crippen LogP contribution in [0.3, 0.4) is 0 Å². The van der Waals surface area contributed by atoms with Crippen LogP contribution in [0, 0.1) is 0 Å². The lowest BCUT2D eigenvalue weighted by Gasteiger charge is -2.05. The third-order valence-electron chi connectivity index (χ3n) is 1.94. The van der Waals surface area contributed by atoms with E-state index in [4.69, 9.17) is 0 Å². The standard InChI is InChI=1S/C9H22N2O2S/c1-3-4-8-11-14(12,13)9-6-5-7-10-2/h10-11H,3-9H2,1-2H3. The highest BCUT2D eigenvalue weighted by Crippen LogP contribution is 1.94. The molecule has 0 heterocycles. The van der Waals surface area contributed by atoms with Crippen LogP contribution in [0.5, 0.6) is 0 Å². The molecule has 0 amide bonds. The van der Waals surface area contributed by atoms with E-state index in [0.717, 1.165) is 32.2 Å². The Hall–Kier alpha value is -0.130. The zero-order valence-electron chi connectivity index (χ0n) is 9.17. The molecule has 0 saturated carbocycles. The van der Waals surface area contributed by atoms with E-state index < -0.39 is 10.0 Å². The lowest BCUT2D eigenvalue weighted by molar-refractivity contribution is 0.573. The Balaban J connectivity index is 3.52. The molecule has 0 atom stereocenters. The fourth-order valence-corrected chi connectivity index (χ4v) is 2.25. The average molecular weight is 222 g/mol. The molecular formula is C9H22N2O2S. The van der Waals surface area contributed by atoms with Crippen molar-refractivity contribution in [3.63, 3.8) is 0 Å². The van der Waals surface area contributed by atoms with Crippen LogP contribution in [0.25, 0.3) is 0 Å². The largest absolute Gasteiger partial charge is 0.320 e. The van der Waals surface area contributed by atoms with Crippen LogP contribution in [0.2, 0.25) is 0 Å². The second-order valence-corrected chi connectivity index (χ2v) is 5.30. The molecule has 0 aliphatic carbocycles. The summed E-state index contributed by atoms with van der Waals surface area (Å²) >= 11 is 0. The van der Waals surface area contributed by atoms with E-state index >= 15 is 0 Å². The first-order chi connectivity index (χ1) is 6.62. The molecule has 0 aromatic heterocycles. The van der Waals surface area contributed by atoms with Gasteiger partial charge in [0.15, 0.2) is 0 Å². The van der Waals surface area contributed by atoms with Gasteiger partial charge in [0, 0.05) is 6.54 Å². The first-order valence-electron chi connectivity index (χ1n) is 5.24. The maximum absolute atomic E-state index is 11.3. The summed E-state index contributed by atoms with van der Waals surface area (Å²) in [7, 11) is -1.14. The third-order valence-corrected chi connectivity index (χ3v) is 3.41. The van der Waals surface area contributed by atoms with Crippen LogP contribution in [0.1, 0.15) is 32.6 Å². The van der Waals surface area contributed by atoms with E-state index in [1.165, 1.54) is 0 Å². The van der Waals surface area contributed by atoms with Crippen molar-refractivity contribution in [1.29, 1.82) is 0 Å². The monoisotopic (exact) mass is 222 g/mol. The Morgan fingerprint density at radius 3 is 2.36 bits per heavy atom. The first-order valence-corrected chi connectivity index (χ1v) is 6.89. The molecule has 14 heavy (non-hydrogen) atoms. The van der Waals surface area contributed by atoms with E-state index in [0.29, 0.717) is 6.54 Å². The third kappa shape index (κ3) is 8.47. The van der Waals surface area contributed by atoms with Crippen LogP contribution in [0.15, 0.2) is 0 Å². The number of hydrogen-bond acceptors (Lipinski definition) is 3. The lowest BCUT2D eigenvalue weighted by Crippen LogP contribution is -2.27. The average Bonchev–Trinajstić information content (AvgIpc) is 2.13. The van der Waals surface area contributed by atoms with Gasteiger partial charge < -0.3 is 5.32 Å². The van der Waals surface area contributed by atoms with Crippen LogP contribution in [-0.2, 0) is 10.0 Å². The number of unbranched alkanes of at least 4 members (excludes halogenated alkanes) is 2. The van der Waals surface area contributed by atoms with Gasteiger partial charge in [-0.25, -0.2) is 13.1 Å². The van der Waals surface area contributed by atoms with Crippen molar-refractivity contribution in [3.05, 3.63) is 0 Å². The first kappa shape index (κ1) is 13.9. The van der Waals surface area contributed by atoms with E-state index in [1.54, 1.807) is 0 Å². The molecule has 0 aliphatic rings.